The van der Waals surface area contributed by atoms with E-state index in [1.807, 2.05) is 85.2 Å². The number of amides is 1. The van der Waals surface area contributed by atoms with E-state index in [0.29, 0.717) is 22.6 Å². The van der Waals surface area contributed by atoms with Gasteiger partial charge in [0.25, 0.3) is 5.91 Å². The molecule has 0 bridgehead atoms. The maximum Gasteiger partial charge on any atom is 0.255 e. The van der Waals surface area contributed by atoms with Crippen LogP contribution in [-0.2, 0) is 5.41 Å². The molecule has 5 N–H and O–H groups in total. The first-order valence-electron chi connectivity index (χ1n) is 13.1. The number of carbonyl (C=O) groups is 1. The summed E-state index contributed by atoms with van der Waals surface area (Å²) in [4.78, 5) is 22.5. The first-order chi connectivity index (χ1) is 19.0. The minimum absolute atomic E-state index is 0.0215. The molecule has 202 valence electrons. The van der Waals surface area contributed by atoms with Crippen molar-refractivity contribution in [3.63, 3.8) is 0 Å². The zero-order valence-electron chi connectivity index (χ0n) is 23.3. The molecule has 0 fully saturated rings. The van der Waals surface area contributed by atoms with Crippen LogP contribution in [-0.4, -0.2) is 26.1 Å². The van der Waals surface area contributed by atoms with Gasteiger partial charge < -0.3 is 20.8 Å². The van der Waals surface area contributed by atoms with Crippen molar-refractivity contribution in [2.75, 3.05) is 10.6 Å². The molecule has 5 aromatic rings. The van der Waals surface area contributed by atoms with E-state index in [2.05, 4.69) is 36.4 Å². The SMILES string of the molecule is Cc1cc(C(=N)N)ccc1Nc1nc(-c2cccc(NC(=O)c3ccc(C(C)(C)C)cc3)c2C)cn2ccnc12. The van der Waals surface area contributed by atoms with Crippen LogP contribution in [0.5, 0.6) is 0 Å². The summed E-state index contributed by atoms with van der Waals surface area (Å²) in [5.41, 5.74) is 13.8. The number of anilines is 3. The van der Waals surface area contributed by atoms with Crippen LogP contribution in [0.3, 0.4) is 0 Å². The second-order valence-electron chi connectivity index (χ2n) is 11.0. The summed E-state index contributed by atoms with van der Waals surface area (Å²) in [5, 5.41) is 14.2. The van der Waals surface area contributed by atoms with E-state index < -0.39 is 0 Å². The number of carbonyl (C=O) groups excluding carboxylic acids is 1. The van der Waals surface area contributed by atoms with Crippen molar-refractivity contribution in [2.24, 2.45) is 5.73 Å². The molecule has 0 spiro atoms. The van der Waals surface area contributed by atoms with Gasteiger partial charge in [0.15, 0.2) is 11.5 Å². The van der Waals surface area contributed by atoms with Crippen molar-refractivity contribution in [2.45, 2.75) is 40.0 Å². The van der Waals surface area contributed by atoms with Crippen LogP contribution >= 0.6 is 0 Å². The molecule has 2 heterocycles. The predicted octanol–water partition coefficient (Wildman–Crippen LogP) is 6.59. The molecule has 0 saturated heterocycles. The fourth-order valence-corrected chi connectivity index (χ4v) is 4.61. The number of fused-ring (bicyclic) bond motifs is 1. The van der Waals surface area contributed by atoms with Crippen LogP contribution in [0, 0.1) is 19.3 Å². The molecular weight excluding hydrogens is 498 g/mol. The summed E-state index contributed by atoms with van der Waals surface area (Å²) < 4.78 is 1.92. The summed E-state index contributed by atoms with van der Waals surface area (Å²) in [5.74, 6) is 0.453. The summed E-state index contributed by atoms with van der Waals surface area (Å²) in [6, 6.07) is 19.1. The largest absolute Gasteiger partial charge is 0.384 e. The summed E-state index contributed by atoms with van der Waals surface area (Å²) in [6.07, 6.45) is 5.53. The highest BCUT2D eigenvalue weighted by atomic mass is 16.1. The van der Waals surface area contributed by atoms with Gasteiger partial charge in [-0.3, -0.25) is 10.2 Å². The Hall–Kier alpha value is -4.98. The van der Waals surface area contributed by atoms with Gasteiger partial charge in [0, 0.05) is 46.7 Å². The number of nitrogens with zero attached hydrogens (tertiary/aromatic N) is 3. The fraction of sp³-hybridized carbons (Fsp3) is 0.188. The monoisotopic (exact) mass is 531 g/mol. The Balaban J connectivity index is 1.46. The highest BCUT2D eigenvalue weighted by Crippen LogP contribution is 2.31. The minimum Gasteiger partial charge on any atom is -0.384 e. The van der Waals surface area contributed by atoms with Crippen molar-refractivity contribution in [3.8, 4) is 11.3 Å². The van der Waals surface area contributed by atoms with Gasteiger partial charge in [0.1, 0.15) is 5.84 Å². The molecular formula is C32H33N7O. The third-order valence-electron chi connectivity index (χ3n) is 7.04. The molecule has 0 saturated carbocycles. The van der Waals surface area contributed by atoms with Crippen molar-refractivity contribution in [1.82, 2.24) is 14.4 Å². The Kier molecular flexibility index (Phi) is 6.85. The van der Waals surface area contributed by atoms with Crippen molar-refractivity contribution in [1.29, 1.82) is 5.41 Å². The second-order valence-corrected chi connectivity index (χ2v) is 11.0. The predicted molar refractivity (Wildman–Crippen MR) is 162 cm³/mol. The van der Waals surface area contributed by atoms with Gasteiger partial charge in [-0.2, -0.15) is 0 Å². The number of nitrogens with one attached hydrogen (secondary N) is 3. The summed E-state index contributed by atoms with van der Waals surface area (Å²) in [6.45, 7) is 10.4. The summed E-state index contributed by atoms with van der Waals surface area (Å²) >= 11 is 0. The minimum atomic E-state index is -0.162. The highest BCUT2D eigenvalue weighted by molar-refractivity contribution is 6.05. The lowest BCUT2D eigenvalue weighted by atomic mass is 9.86. The molecule has 0 radical (unpaired) electrons. The number of nitrogen functional groups attached to an aromatic ring is 1. The number of hydrogen-bond donors (Lipinski definition) is 4. The molecule has 0 aliphatic heterocycles. The number of aryl methyl sites for hydroxylation is 1. The van der Waals surface area contributed by atoms with E-state index in [1.165, 1.54) is 5.56 Å². The molecule has 5 rings (SSSR count). The first kappa shape index (κ1) is 26.6. The molecule has 0 atom stereocenters. The molecule has 8 nitrogen and oxygen atoms in total. The molecule has 2 aromatic heterocycles. The maximum atomic E-state index is 13.1. The standard InChI is InChI=1S/C32H33N7O/c1-19-17-22(28(33)34)11-14-25(19)36-29-30-35-15-16-39(30)18-27(37-29)24-7-6-8-26(20(24)2)38-31(40)21-9-12-23(13-10-21)32(3,4)5/h6-18H,1-5H3,(H3,33,34)(H,36,37)(H,38,40). The molecule has 1 amide bonds. The third-order valence-corrected chi connectivity index (χ3v) is 7.04. The van der Waals surface area contributed by atoms with Crippen LogP contribution < -0.4 is 16.4 Å². The average Bonchev–Trinajstić information content (AvgIpc) is 3.39. The summed E-state index contributed by atoms with van der Waals surface area (Å²) in [7, 11) is 0. The Morgan fingerprint density at radius 2 is 1.70 bits per heavy atom. The number of benzene rings is 3. The van der Waals surface area contributed by atoms with E-state index in [9.17, 15) is 4.79 Å². The van der Waals surface area contributed by atoms with E-state index in [-0.39, 0.29) is 17.2 Å². The molecule has 3 aromatic carbocycles. The number of hydrogen-bond acceptors (Lipinski definition) is 5. The zero-order chi connectivity index (χ0) is 28.6. The van der Waals surface area contributed by atoms with Gasteiger partial charge in [-0.15, -0.1) is 0 Å². The van der Waals surface area contributed by atoms with Crippen LogP contribution in [0.1, 0.15) is 53.4 Å². The third kappa shape index (κ3) is 5.29. The molecule has 0 aliphatic rings. The molecule has 8 heteroatoms. The first-order valence-corrected chi connectivity index (χ1v) is 13.1. The molecule has 0 aliphatic carbocycles. The normalized spacial score (nSPS) is 11.4. The Bertz CT molecular complexity index is 1740. The second kappa shape index (κ2) is 10.3. The number of imidazole rings is 1. The zero-order valence-corrected chi connectivity index (χ0v) is 23.3. The number of nitrogens with two attached hydrogens (primary N) is 1. The van der Waals surface area contributed by atoms with Crippen molar-refractivity contribution < 1.29 is 4.79 Å². The smallest absolute Gasteiger partial charge is 0.255 e. The topological polar surface area (TPSA) is 121 Å². The average molecular weight is 532 g/mol. The van der Waals surface area contributed by atoms with Gasteiger partial charge in [0.05, 0.1) is 5.69 Å². The quantitative estimate of drug-likeness (QED) is 0.145. The van der Waals surface area contributed by atoms with Gasteiger partial charge in [-0.1, -0.05) is 45.0 Å². The van der Waals surface area contributed by atoms with Crippen LogP contribution in [0.15, 0.2) is 79.3 Å². The lowest BCUT2D eigenvalue weighted by Gasteiger charge is -2.19. The van der Waals surface area contributed by atoms with E-state index >= 15 is 0 Å². The number of rotatable bonds is 6. The molecule has 40 heavy (non-hydrogen) atoms. The Labute approximate surface area is 233 Å². The van der Waals surface area contributed by atoms with Gasteiger partial charge in [0.2, 0.25) is 0 Å². The maximum absolute atomic E-state index is 13.1. The van der Waals surface area contributed by atoms with Gasteiger partial charge >= 0.3 is 0 Å². The lowest BCUT2D eigenvalue weighted by molar-refractivity contribution is 0.102. The number of amidine groups is 1. The van der Waals surface area contributed by atoms with E-state index in [1.54, 1.807) is 12.3 Å². The number of aromatic nitrogens is 3. The van der Waals surface area contributed by atoms with E-state index in [4.69, 9.17) is 16.1 Å². The van der Waals surface area contributed by atoms with Crippen LogP contribution in [0.2, 0.25) is 0 Å². The Morgan fingerprint density at radius 3 is 2.38 bits per heavy atom. The van der Waals surface area contributed by atoms with Crippen molar-refractivity contribution >= 4 is 34.6 Å². The van der Waals surface area contributed by atoms with E-state index in [0.717, 1.165) is 33.8 Å². The molecule has 0 unspecified atom stereocenters. The van der Waals surface area contributed by atoms with Crippen molar-refractivity contribution in [3.05, 3.63) is 107 Å². The highest BCUT2D eigenvalue weighted by Gasteiger charge is 2.17. The van der Waals surface area contributed by atoms with Crippen LogP contribution in [0.25, 0.3) is 16.9 Å². The van der Waals surface area contributed by atoms with Gasteiger partial charge in [-0.05, 0) is 72.4 Å². The van der Waals surface area contributed by atoms with Crippen LogP contribution in [0.4, 0.5) is 17.2 Å². The van der Waals surface area contributed by atoms with Gasteiger partial charge in [-0.25, -0.2) is 9.97 Å². The lowest BCUT2D eigenvalue weighted by Crippen LogP contribution is -2.15. The Morgan fingerprint density at radius 1 is 0.975 bits per heavy atom. The fourth-order valence-electron chi connectivity index (χ4n) is 4.61.